The van der Waals surface area contributed by atoms with Crippen LogP contribution in [0.3, 0.4) is 0 Å². The largest absolute Gasteiger partial charge is 0.399 e. The lowest BCUT2D eigenvalue weighted by Crippen LogP contribution is -2.51. The highest BCUT2D eigenvalue weighted by molar-refractivity contribution is 6.83. The van der Waals surface area contributed by atoms with Gasteiger partial charge in [-0.15, -0.1) is 0 Å². The van der Waals surface area contributed by atoms with E-state index < -0.39 is 21.4 Å². The van der Waals surface area contributed by atoms with E-state index in [1.807, 2.05) is 78.5 Å². The maximum absolute atomic E-state index is 11.5. The number of aryl methyl sites for hydroxylation is 2. The summed E-state index contributed by atoms with van der Waals surface area (Å²) >= 11 is 0. The van der Waals surface area contributed by atoms with Crippen LogP contribution in [0, 0.1) is 50.6 Å². The Morgan fingerprint density at radius 3 is 1.12 bits per heavy atom. The van der Waals surface area contributed by atoms with E-state index in [1.165, 1.54) is 236 Å². The average Bonchev–Trinajstić information content (AvgIpc) is 1.70. The molecule has 0 amide bonds. The van der Waals surface area contributed by atoms with E-state index in [0.717, 1.165) is 131 Å². The van der Waals surface area contributed by atoms with Crippen LogP contribution in [0.15, 0.2) is 195 Å². The summed E-state index contributed by atoms with van der Waals surface area (Å²) in [5, 5.41) is 63.3. The number of aromatic amines is 3. The Bertz CT molecular complexity index is 6950. The summed E-state index contributed by atoms with van der Waals surface area (Å²) < 4.78 is 9.29. The van der Waals surface area contributed by atoms with Gasteiger partial charge in [-0.3, -0.25) is 55.4 Å². The number of allylic oxidation sites excluding steroid dienone is 6. The van der Waals surface area contributed by atoms with Gasteiger partial charge in [0.2, 0.25) is 0 Å². The van der Waals surface area contributed by atoms with Crippen molar-refractivity contribution in [2.75, 3.05) is 11.5 Å². The Kier molecular flexibility index (Phi) is 36.5. The van der Waals surface area contributed by atoms with Gasteiger partial charge >= 0.3 is 0 Å². The maximum Gasteiger partial charge on any atom is 0.271 e. The number of H-pyrrole nitrogens is 3. The second-order valence-corrected chi connectivity index (χ2v) is 54.8. The molecule has 0 aliphatic heterocycles. The fourth-order valence-corrected chi connectivity index (χ4v) is 38.9. The minimum atomic E-state index is -2.00. The Morgan fingerprint density at radius 1 is 0.317 bits per heavy atom. The summed E-state index contributed by atoms with van der Waals surface area (Å²) in [6, 6.07) is 40.3. The number of hydrogen-bond donors (Lipinski definition) is 5. The third-order valence-corrected chi connectivity index (χ3v) is 46.0. The monoisotopic (exact) mass is 2000 g/mol. The zero-order chi connectivity index (χ0) is 104. The van der Waals surface area contributed by atoms with Gasteiger partial charge in [0.25, 0.3) is 28.4 Å². The lowest BCUT2D eigenvalue weighted by atomic mass is 9.84. The molecule has 7 N–H and O–H groups in total. The summed E-state index contributed by atoms with van der Waals surface area (Å²) in [4.78, 5) is 73.2. The van der Waals surface area contributed by atoms with Gasteiger partial charge in [0.1, 0.15) is 5.78 Å². The number of hydrogen-bond acceptors (Lipinski definition) is 13. The molecule has 7 aromatic carbocycles. The standard InChI is InChI=1S/C23H36N2O2Si.C23H34N2O2Si.C15H16N2O2.C15H20N2.C14H14N2O2.C14H18N2.C8H6N2O2.C6H10O/c2*1-16(2)28(17(3)4,18(5)6)24-15-22(19-10-8-7-9-11-19)21-13-12-20(25(26)27)14-23(21)24;1-16-10-14(11-5-3-2-4-6-11)13-8-7-12(17(18)19)9-15(13)16;1-17-10-14(11-5-3-2-4-6-11)13-8-7-12(16)9-15(13)17;17-16(18)11-6-7-12-13(9-15-14(12)8-11)10-4-2-1-3-5-10;15-11-6-7-12-13(9-16-14(12)8-11)10-4-2-1-3-5-10;11-10(12)7-2-1-6-3-4-9-8(6)5-7;7-6-4-2-1-3-5-6/h12-19H,7-11H2,1-6H3;10,12-18H,7-9,11H2,1-6H3;5,7-10H,2-4,6H2,1H3;7-11H,2-6,16H2,1H3;4,6-9,15H,1-3,5H2;6-10,16H,1-5,15H2;1-5,9H;1-5H2. The molecule has 7 aliphatic carbocycles. The van der Waals surface area contributed by atoms with Crippen LogP contribution in [0.1, 0.15) is 340 Å². The number of nitrogen functional groups attached to an aromatic ring is 2. The lowest BCUT2D eigenvalue weighted by Gasteiger charge is -2.44. The summed E-state index contributed by atoms with van der Waals surface area (Å²) in [6.07, 6.45) is 61.7. The molecule has 0 radical (unpaired) electrons. The number of nitro benzene ring substituents is 5. The van der Waals surface area contributed by atoms with Crippen LogP contribution in [-0.2, 0) is 18.9 Å². The molecule has 4 fully saturated rings. The smallest absolute Gasteiger partial charge is 0.271 e. The fraction of sp³-hybridized carbons (Fsp3) is 0.466. The van der Waals surface area contributed by atoms with Crippen LogP contribution < -0.4 is 11.5 Å². The number of aromatic nitrogens is 7. The van der Waals surface area contributed by atoms with Gasteiger partial charge < -0.3 is 44.0 Å². The van der Waals surface area contributed by atoms with Gasteiger partial charge in [0.05, 0.1) is 46.7 Å². The molecule has 25 nitrogen and oxygen atoms in total. The fourth-order valence-electron chi connectivity index (χ4n) is 25.7. The number of nitro groups is 5. The lowest BCUT2D eigenvalue weighted by molar-refractivity contribution is -0.384. The molecule has 27 heteroatoms. The normalized spacial score (nSPS) is 16.2. The van der Waals surface area contributed by atoms with Crippen molar-refractivity contribution in [3.05, 3.63) is 279 Å². The highest BCUT2D eigenvalue weighted by Crippen LogP contribution is 2.51. The number of carbonyl (C=O) groups is 1. The molecule has 0 saturated heterocycles. The first kappa shape index (κ1) is 108. The second-order valence-electron chi connectivity index (χ2n) is 43.3. The Labute approximate surface area is 855 Å². The van der Waals surface area contributed by atoms with Crippen molar-refractivity contribution in [1.29, 1.82) is 0 Å². The molecule has 7 aromatic heterocycles. The number of rotatable bonds is 19. The Morgan fingerprint density at radius 2 is 0.662 bits per heavy atom. The third kappa shape index (κ3) is 24.6. The molecule has 145 heavy (non-hydrogen) atoms. The van der Waals surface area contributed by atoms with Crippen LogP contribution in [0.2, 0.25) is 33.2 Å². The molecule has 7 aliphatic rings. The van der Waals surface area contributed by atoms with Crippen molar-refractivity contribution in [2.45, 2.75) is 340 Å². The van der Waals surface area contributed by atoms with Gasteiger partial charge in [-0.05, 0) is 285 Å². The number of benzene rings is 7. The summed E-state index contributed by atoms with van der Waals surface area (Å²) in [5.74, 6) is 2.57. The molecule has 7 heterocycles. The minimum Gasteiger partial charge on any atom is -0.399 e. The first-order valence-corrected chi connectivity index (χ1v) is 58.1. The van der Waals surface area contributed by atoms with Gasteiger partial charge in [-0.1, -0.05) is 178 Å². The van der Waals surface area contributed by atoms with E-state index in [2.05, 4.69) is 186 Å². The maximum atomic E-state index is 11.5. The van der Waals surface area contributed by atoms with E-state index in [1.54, 1.807) is 48.7 Å². The third-order valence-electron chi connectivity index (χ3n) is 32.5. The number of nitrogens with two attached hydrogens (primary N) is 2. The van der Waals surface area contributed by atoms with Crippen molar-refractivity contribution in [3.63, 3.8) is 0 Å². The van der Waals surface area contributed by atoms with Crippen molar-refractivity contribution >= 4 is 155 Å². The quantitative estimate of drug-likeness (QED) is 0.0218. The number of non-ortho nitro benzene ring substituents is 5. The number of Topliss-reactive ketones (excluding diaryl/α,β-unsaturated/α-hetero) is 1. The SMILES string of the molecule is CC(C)[Si](C(C)C)(C(C)C)n1cc(C2=CCCCC2)c2ccc([N+](=O)[O-])cc21.CC(C)[Si](C(C)C)(C(C)C)n1cc(C2CCCCC2)c2ccc([N+](=O)[O-])cc21.Cn1cc(C2=CCCCC2)c2ccc([N+](=O)[O-])cc21.Cn1cc(C2CCCCC2)c2ccc(N)cc21.Nc1ccc2c(C3CCCCC3)c[nH]c2c1.O=C1CCCCC1.O=[N+]([O-])c1ccc2c(C3=CCCCC3)c[nH]c2c1.O=[N+]([O-])c1ccc2cc[nH]c2c1. The summed E-state index contributed by atoms with van der Waals surface area (Å²) in [6.45, 7) is 28.2. The van der Waals surface area contributed by atoms with Gasteiger partial charge in [0.15, 0.2) is 16.5 Å². The van der Waals surface area contributed by atoms with Gasteiger partial charge in [0, 0.05) is 202 Å². The number of nitrogens with one attached hydrogen (secondary N) is 3. The van der Waals surface area contributed by atoms with E-state index in [9.17, 15) is 55.4 Å². The van der Waals surface area contributed by atoms with Gasteiger partial charge in [-0.2, -0.15) is 0 Å². The molecule has 0 spiro atoms. The molecule has 4 saturated carbocycles. The van der Waals surface area contributed by atoms with Crippen LogP contribution in [0.4, 0.5) is 39.8 Å². The number of carbonyl (C=O) groups excluding carboxylic acids is 1. The number of ketones is 1. The molecule has 770 valence electrons. The summed E-state index contributed by atoms with van der Waals surface area (Å²) in [5.41, 5.74) is 36.9. The Hall–Kier alpha value is -12.8. The van der Waals surface area contributed by atoms with Crippen molar-refractivity contribution in [1.82, 2.24) is 32.6 Å². The number of fused-ring (bicyclic) bond motifs is 7. The predicted octanol–water partition coefficient (Wildman–Crippen LogP) is 34.4. The number of anilines is 2. The molecule has 0 unspecified atom stereocenters. The van der Waals surface area contributed by atoms with Crippen molar-refractivity contribution in [3.8, 4) is 0 Å². The first-order valence-electron chi connectivity index (χ1n) is 53.7. The van der Waals surface area contributed by atoms with E-state index in [-0.39, 0.29) is 48.1 Å². The Balaban J connectivity index is 0.000000134. The summed E-state index contributed by atoms with van der Waals surface area (Å²) in [7, 11) is 0.0864. The topological polar surface area (TPSA) is 352 Å². The van der Waals surface area contributed by atoms with Crippen molar-refractivity contribution < 1.29 is 29.4 Å². The number of nitrogens with zero attached hydrogens (tertiary/aromatic N) is 9. The van der Waals surface area contributed by atoms with Crippen LogP contribution in [-0.4, -0.2) is 79.4 Å². The van der Waals surface area contributed by atoms with E-state index in [4.69, 9.17) is 11.5 Å². The molecular weight excluding hydrogens is 1850 g/mol. The van der Waals surface area contributed by atoms with Crippen LogP contribution >= 0.6 is 0 Å². The van der Waals surface area contributed by atoms with Crippen molar-refractivity contribution in [2.24, 2.45) is 14.1 Å². The molecule has 0 bridgehead atoms. The van der Waals surface area contributed by atoms with Gasteiger partial charge in [-0.25, -0.2) is 0 Å². The van der Waals surface area contributed by atoms with Crippen LogP contribution in [0.25, 0.3) is 93.0 Å². The zero-order valence-electron chi connectivity index (χ0n) is 88.0. The highest BCUT2D eigenvalue weighted by atomic mass is 28.3. The second kappa shape index (κ2) is 49.0. The molecule has 0 atom stereocenters. The zero-order valence-corrected chi connectivity index (χ0v) is 90.0. The predicted molar refractivity (Wildman–Crippen MR) is 605 cm³/mol. The minimum absolute atomic E-state index is 0.116. The first-order chi connectivity index (χ1) is 69.6. The average molecular weight is 2000 g/mol. The van der Waals surface area contributed by atoms with E-state index >= 15 is 0 Å². The highest BCUT2D eigenvalue weighted by Gasteiger charge is 2.48. The molecule has 14 aromatic rings. The van der Waals surface area contributed by atoms with Crippen LogP contribution in [0.5, 0.6) is 0 Å². The van der Waals surface area contributed by atoms with E-state index in [0.29, 0.717) is 44.9 Å². The molecular formula is C118H154N14O11Si2. The molecule has 21 rings (SSSR count).